The second-order valence-corrected chi connectivity index (χ2v) is 5.60. The average molecular weight is 322 g/mol. The molecule has 2 aromatic rings. The fraction of sp³-hybridized carbons (Fsp3) is 0.211. The Labute approximate surface area is 140 Å². The molecule has 0 fully saturated rings. The fourth-order valence-electron chi connectivity index (χ4n) is 2.30. The van der Waals surface area contributed by atoms with Gasteiger partial charge in [-0.25, -0.2) is 0 Å². The predicted octanol–water partition coefficient (Wildman–Crippen LogP) is 2.92. The van der Waals surface area contributed by atoms with E-state index in [1.54, 1.807) is 31.2 Å². The summed E-state index contributed by atoms with van der Waals surface area (Å²) in [4.78, 5) is 25.4. The van der Waals surface area contributed by atoms with E-state index < -0.39 is 11.9 Å². The van der Waals surface area contributed by atoms with Crippen LogP contribution in [0.15, 0.2) is 54.6 Å². The highest BCUT2D eigenvalue weighted by atomic mass is 16.4. The first kappa shape index (κ1) is 17.2. The van der Waals surface area contributed by atoms with E-state index >= 15 is 0 Å². The van der Waals surface area contributed by atoms with Gasteiger partial charge in [-0.3, -0.25) is 9.59 Å². The van der Waals surface area contributed by atoms with Crippen LogP contribution in [0.2, 0.25) is 0 Å². The van der Waals surface area contributed by atoms with E-state index in [9.17, 15) is 9.59 Å². The smallest absolute Gasteiger partial charge is 0.308 e. The third kappa shape index (κ3) is 4.43. The van der Waals surface area contributed by atoms with Crippen molar-refractivity contribution < 1.29 is 14.7 Å². The molecule has 0 aliphatic carbocycles. The molecule has 5 heteroatoms. The maximum Gasteiger partial charge on any atom is 0.308 e. The van der Waals surface area contributed by atoms with E-state index in [1.807, 2.05) is 36.4 Å². The highest BCUT2D eigenvalue weighted by molar-refractivity contribution is 5.94. The average Bonchev–Trinajstić information content (AvgIpc) is 2.61. The second-order valence-electron chi connectivity index (χ2n) is 5.60. The Bertz CT molecular complexity index is 748. The number of carboxylic acid groups (broad SMARTS) is 1. The zero-order valence-electron chi connectivity index (χ0n) is 13.3. The van der Waals surface area contributed by atoms with E-state index in [4.69, 9.17) is 10.4 Å². The molecule has 0 aliphatic rings. The summed E-state index contributed by atoms with van der Waals surface area (Å²) in [5.74, 6) is -1.87. The van der Waals surface area contributed by atoms with Gasteiger partial charge < -0.3 is 10.0 Å². The van der Waals surface area contributed by atoms with Crippen molar-refractivity contribution in [2.75, 3.05) is 6.54 Å². The standard InChI is InChI=1S/C19H18N2O3/c1-14(19(23)24)12-21(13-16-5-3-2-4-6-16)18(22)17-9-7-15(11-20)8-10-17/h2-10,14H,12-13H2,1H3,(H,23,24)/t14-/m0/s1. The molecular weight excluding hydrogens is 304 g/mol. The van der Waals surface area contributed by atoms with Crippen LogP contribution in [0.4, 0.5) is 0 Å². The molecule has 0 radical (unpaired) electrons. The summed E-state index contributed by atoms with van der Waals surface area (Å²) in [6.45, 7) is 2.02. The number of nitrogens with zero attached hydrogens (tertiary/aromatic N) is 2. The van der Waals surface area contributed by atoms with Gasteiger partial charge in [0.05, 0.1) is 17.6 Å². The molecule has 2 rings (SSSR count). The van der Waals surface area contributed by atoms with Gasteiger partial charge in [0.15, 0.2) is 0 Å². The molecule has 122 valence electrons. The number of aliphatic carboxylic acids is 1. The molecular formula is C19H18N2O3. The third-order valence-corrected chi connectivity index (χ3v) is 3.68. The van der Waals surface area contributed by atoms with E-state index in [0.29, 0.717) is 17.7 Å². The Morgan fingerprint density at radius 3 is 2.29 bits per heavy atom. The monoisotopic (exact) mass is 322 g/mol. The number of amides is 1. The first-order valence-electron chi connectivity index (χ1n) is 7.57. The number of rotatable bonds is 6. The SMILES string of the molecule is C[C@@H](CN(Cc1ccccc1)C(=O)c1ccc(C#N)cc1)C(=O)O. The van der Waals surface area contributed by atoms with Crippen LogP contribution in [0.5, 0.6) is 0 Å². The van der Waals surface area contributed by atoms with Gasteiger partial charge in [0, 0.05) is 18.7 Å². The number of hydrogen-bond donors (Lipinski definition) is 1. The van der Waals surface area contributed by atoms with E-state index in [0.717, 1.165) is 5.56 Å². The van der Waals surface area contributed by atoms with Gasteiger partial charge >= 0.3 is 5.97 Å². The molecule has 1 atom stereocenters. The Hall–Kier alpha value is -3.13. The van der Waals surface area contributed by atoms with E-state index in [-0.39, 0.29) is 12.5 Å². The molecule has 0 saturated carbocycles. The molecule has 1 amide bonds. The van der Waals surface area contributed by atoms with E-state index in [2.05, 4.69) is 0 Å². The van der Waals surface area contributed by atoms with Crippen molar-refractivity contribution in [1.29, 1.82) is 5.26 Å². The first-order chi connectivity index (χ1) is 11.5. The lowest BCUT2D eigenvalue weighted by atomic mass is 10.1. The number of benzene rings is 2. The highest BCUT2D eigenvalue weighted by Crippen LogP contribution is 2.13. The highest BCUT2D eigenvalue weighted by Gasteiger charge is 2.22. The lowest BCUT2D eigenvalue weighted by Crippen LogP contribution is -2.36. The van der Waals surface area contributed by atoms with Crippen LogP contribution >= 0.6 is 0 Å². The van der Waals surface area contributed by atoms with Gasteiger partial charge in [0.1, 0.15) is 0 Å². The van der Waals surface area contributed by atoms with Gasteiger partial charge in [-0.15, -0.1) is 0 Å². The van der Waals surface area contributed by atoms with Crippen molar-refractivity contribution in [1.82, 2.24) is 4.90 Å². The summed E-state index contributed by atoms with van der Waals surface area (Å²) in [5, 5.41) is 18.0. The minimum absolute atomic E-state index is 0.114. The van der Waals surface area contributed by atoms with Crippen molar-refractivity contribution in [3.63, 3.8) is 0 Å². The largest absolute Gasteiger partial charge is 0.481 e. The zero-order chi connectivity index (χ0) is 17.5. The van der Waals surface area contributed by atoms with Gasteiger partial charge in [0.2, 0.25) is 0 Å². The third-order valence-electron chi connectivity index (χ3n) is 3.68. The van der Waals surface area contributed by atoms with Crippen LogP contribution in [-0.2, 0) is 11.3 Å². The Morgan fingerprint density at radius 1 is 1.12 bits per heavy atom. The van der Waals surface area contributed by atoms with Crippen molar-refractivity contribution in [2.24, 2.45) is 5.92 Å². The minimum atomic E-state index is -0.944. The summed E-state index contributed by atoms with van der Waals surface area (Å²) in [7, 11) is 0. The molecule has 0 spiro atoms. The maximum atomic E-state index is 12.8. The molecule has 0 bridgehead atoms. The predicted molar refractivity (Wildman–Crippen MR) is 89.1 cm³/mol. The zero-order valence-corrected chi connectivity index (χ0v) is 13.3. The molecule has 1 N–H and O–H groups in total. The normalized spacial score (nSPS) is 11.3. The van der Waals surface area contributed by atoms with Crippen molar-refractivity contribution in [3.05, 3.63) is 71.3 Å². The first-order valence-corrected chi connectivity index (χ1v) is 7.57. The molecule has 0 aliphatic heterocycles. The summed E-state index contributed by atoms with van der Waals surface area (Å²) in [6.07, 6.45) is 0. The second kappa shape index (κ2) is 7.93. The molecule has 0 heterocycles. The number of carbonyl (C=O) groups excluding carboxylic acids is 1. The summed E-state index contributed by atoms with van der Waals surface area (Å²) < 4.78 is 0. The van der Waals surface area contributed by atoms with Gasteiger partial charge in [0.25, 0.3) is 5.91 Å². The van der Waals surface area contributed by atoms with Gasteiger partial charge in [-0.05, 0) is 29.8 Å². The molecule has 0 unspecified atom stereocenters. The maximum absolute atomic E-state index is 12.8. The lowest BCUT2D eigenvalue weighted by molar-refractivity contribution is -0.141. The van der Waals surface area contributed by atoms with Crippen molar-refractivity contribution >= 4 is 11.9 Å². The van der Waals surface area contributed by atoms with Crippen molar-refractivity contribution in [2.45, 2.75) is 13.5 Å². The number of hydrogen-bond acceptors (Lipinski definition) is 3. The van der Waals surface area contributed by atoms with Gasteiger partial charge in [-0.2, -0.15) is 5.26 Å². The quantitative estimate of drug-likeness (QED) is 0.886. The summed E-state index contributed by atoms with van der Waals surface area (Å²) >= 11 is 0. The van der Waals surface area contributed by atoms with E-state index in [1.165, 1.54) is 4.90 Å². The van der Waals surface area contributed by atoms with Gasteiger partial charge in [-0.1, -0.05) is 37.3 Å². The Morgan fingerprint density at radius 2 is 1.75 bits per heavy atom. The molecule has 24 heavy (non-hydrogen) atoms. The topological polar surface area (TPSA) is 81.4 Å². The van der Waals surface area contributed by atoms with Crippen LogP contribution in [-0.4, -0.2) is 28.4 Å². The van der Waals surface area contributed by atoms with Crippen LogP contribution in [0.3, 0.4) is 0 Å². The van der Waals surface area contributed by atoms with Crippen LogP contribution in [0, 0.1) is 17.2 Å². The lowest BCUT2D eigenvalue weighted by Gasteiger charge is -2.25. The summed E-state index contributed by atoms with van der Waals surface area (Å²) in [5.41, 5.74) is 1.83. The number of carbonyl (C=O) groups is 2. The summed E-state index contributed by atoms with van der Waals surface area (Å²) in [6, 6.07) is 17.8. The Kier molecular flexibility index (Phi) is 5.69. The van der Waals surface area contributed by atoms with Crippen LogP contribution in [0.25, 0.3) is 0 Å². The molecule has 0 aromatic heterocycles. The van der Waals surface area contributed by atoms with Crippen molar-refractivity contribution in [3.8, 4) is 6.07 Å². The molecule has 0 saturated heterocycles. The minimum Gasteiger partial charge on any atom is -0.481 e. The van der Waals surface area contributed by atoms with Crippen LogP contribution in [0.1, 0.15) is 28.4 Å². The van der Waals surface area contributed by atoms with Crippen LogP contribution < -0.4 is 0 Å². The molecule has 5 nitrogen and oxygen atoms in total. The Balaban J connectivity index is 2.24. The number of carboxylic acids is 1. The fourth-order valence-corrected chi connectivity index (χ4v) is 2.30. The number of nitriles is 1. The molecule has 2 aromatic carbocycles.